The van der Waals surface area contributed by atoms with Crippen LogP contribution in [0, 0.1) is 13.8 Å². The van der Waals surface area contributed by atoms with Crippen LogP contribution in [0.5, 0.6) is 5.75 Å². The average Bonchev–Trinajstić information content (AvgIpc) is 3.04. The van der Waals surface area contributed by atoms with Gasteiger partial charge in [-0.15, -0.1) is 0 Å². The molecule has 0 aliphatic carbocycles. The van der Waals surface area contributed by atoms with E-state index in [9.17, 15) is 0 Å². The van der Waals surface area contributed by atoms with Gasteiger partial charge in [0.05, 0.1) is 36.9 Å². The molecule has 29 heavy (non-hydrogen) atoms. The van der Waals surface area contributed by atoms with Crippen LogP contribution in [0.25, 0.3) is 33.1 Å². The summed E-state index contributed by atoms with van der Waals surface area (Å²) in [4.78, 5) is 10.0. The molecule has 0 spiro atoms. The fraction of sp³-hybridized carbons (Fsp3) is 0.391. The van der Waals surface area contributed by atoms with E-state index in [4.69, 9.17) is 24.2 Å². The van der Waals surface area contributed by atoms with Gasteiger partial charge in [0, 0.05) is 18.4 Å². The van der Waals surface area contributed by atoms with Gasteiger partial charge in [0.25, 0.3) is 0 Å². The first kappa shape index (κ1) is 18.3. The lowest BCUT2D eigenvalue weighted by Crippen LogP contribution is -2.26. The molecular formula is C23H25N3O3. The summed E-state index contributed by atoms with van der Waals surface area (Å²) >= 11 is 0. The summed E-state index contributed by atoms with van der Waals surface area (Å²) in [6.07, 6.45) is 1.58. The van der Waals surface area contributed by atoms with E-state index in [1.54, 1.807) is 7.11 Å². The lowest BCUT2D eigenvalue weighted by atomic mass is 10.1. The number of methoxy groups -OCH3 is 1. The van der Waals surface area contributed by atoms with Crippen LogP contribution in [0.1, 0.15) is 24.0 Å². The van der Waals surface area contributed by atoms with Crippen LogP contribution in [0.3, 0.4) is 0 Å². The Balaban J connectivity index is 1.69. The van der Waals surface area contributed by atoms with Gasteiger partial charge in [-0.25, -0.2) is 9.97 Å². The third kappa shape index (κ3) is 3.22. The first-order chi connectivity index (χ1) is 14.1. The van der Waals surface area contributed by atoms with Crippen molar-refractivity contribution in [2.45, 2.75) is 39.5 Å². The maximum absolute atomic E-state index is 5.74. The molecule has 3 heterocycles. The Bertz CT molecular complexity index is 1210. The summed E-state index contributed by atoms with van der Waals surface area (Å²) < 4.78 is 19.2. The molecule has 0 atom stereocenters. The van der Waals surface area contributed by atoms with Crippen molar-refractivity contribution >= 4 is 33.1 Å². The highest BCUT2D eigenvalue weighted by Crippen LogP contribution is 2.32. The van der Waals surface area contributed by atoms with Crippen molar-refractivity contribution in [2.75, 3.05) is 20.3 Å². The van der Waals surface area contributed by atoms with Gasteiger partial charge < -0.3 is 18.8 Å². The SMILES string of the molecule is COc1ccc2c(c1)c1nc3cc(C)c(C)cc3nc1n2CCC1OCCCO1. The molecule has 1 saturated heterocycles. The zero-order valence-electron chi connectivity index (χ0n) is 17.1. The molecular weight excluding hydrogens is 366 g/mol. The average molecular weight is 391 g/mol. The summed E-state index contributed by atoms with van der Waals surface area (Å²) in [7, 11) is 1.69. The van der Waals surface area contributed by atoms with E-state index in [1.165, 1.54) is 11.1 Å². The molecule has 5 rings (SSSR count). The maximum Gasteiger partial charge on any atom is 0.160 e. The van der Waals surface area contributed by atoms with Gasteiger partial charge in [-0.05, 0) is 61.7 Å². The molecule has 150 valence electrons. The minimum Gasteiger partial charge on any atom is -0.497 e. The molecule has 0 unspecified atom stereocenters. The number of aromatic nitrogens is 3. The second-order valence-electron chi connectivity index (χ2n) is 7.67. The third-order valence-corrected chi connectivity index (χ3v) is 5.75. The molecule has 1 fully saturated rings. The van der Waals surface area contributed by atoms with Gasteiger partial charge in [-0.1, -0.05) is 0 Å². The number of hydrogen-bond donors (Lipinski definition) is 0. The summed E-state index contributed by atoms with van der Waals surface area (Å²) in [6, 6.07) is 10.3. The topological polar surface area (TPSA) is 58.4 Å². The van der Waals surface area contributed by atoms with E-state index in [0.717, 1.165) is 71.4 Å². The number of benzene rings is 2. The summed E-state index contributed by atoms with van der Waals surface area (Å²) in [6.45, 7) is 6.49. The Morgan fingerprint density at radius 3 is 2.48 bits per heavy atom. The van der Waals surface area contributed by atoms with Crippen LogP contribution < -0.4 is 4.74 Å². The van der Waals surface area contributed by atoms with E-state index in [0.29, 0.717) is 0 Å². The number of hydrogen-bond acceptors (Lipinski definition) is 5. The zero-order valence-corrected chi connectivity index (χ0v) is 17.1. The first-order valence-corrected chi connectivity index (χ1v) is 10.1. The molecule has 6 nitrogen and oxygen atoms in total. The van der Waals surface area contributed by atoms with Gasteiger partial charge in [-0.2, -0.15) is 0 Å². The first-order valence-electron chi connectivity index (χ1n) is 10.1. The van der Waals surface area contributed by atoms with Crippen LogP contribution in [-0.2, 0) is 16.0 Å². The minimum absolute atomic E-state index is 0.159. The van der Waals surface area contributed by atoms with E-state index < -0.39 is 0 Å². The molecule has 0 radical (unpaired) electrons. The zero-order chi connectivity index (χ0) is 20.0. The molecule has 2 aromatic carbocycles. The molecule has 0 bridgehead atoms. The van der Waals surface area contributed by atoms with Gasteiger partial charge in [-0.3, -0.25) is 0 Å². The molecule has 1 aliphatic rings. The summed E-state index contributed by atoms with van der Waals surface area (Å²) in [5, 5.41) is 1.05. The van der Waals surface area contributed by atoms with Crippen molar-refractivity contribution in [3.63, 3.8) is 0 Å². The Hall–Kier alpha value is -2.70. The van der Waals surface area contributed by atoms with Crippen molar-refractivity contribution in [3.05, 3.63) is 41.5 Å². The van der Waals surface area contributed by atoms with Crippen LogP contribution in [0.15, 0.2) is 30.3 Å². The fourth-order valence-corrected chi connectivity index (χ4v) is 4.02. The Morgan fingerprint density at radius 2 is 1.76 bits per heavy atom. The molecule has 0 amide bonds. The van der Waals surface area contributed by atoms with Crippen LogP contribution in [-0.4, -0.2) is 41.1 Å². The highest BCUT2D eigenvalue weighted by Gasteiger charge is 2.19. The standard InChI is InChI=1S/C23H25N3O3/c1-14-11-18-19(12-15(14)2)25-23-22(24-18)17-13-16(27-3)5-6-20(17)26(23)8-7-21-28-9-4-10-29-21/h5-6,11-13,21H,4,7-10H2,1-3H3. The summed E-state index contributed by atoms with van der Waals surface area (Å²) in [5.74, 6) is 0.817. The van der Waals surface area contributed by atoms with Gasteiger partial charge in [0.1, 0.15) is 11.3 Å². The quantitative estimate of drug-likeness (QED) is 0.512. The van der Waals surface area contributed by atoms with E-state index in [2.05, 4.69) is 36.6 Å². The number of ether oxygens (including phenoxy) is 3. The smallest absolute Gasteiger partial charge is 0.160 e. The number of nitrogens with zero attached hydrogens (tertiary/aromatic N) is 3. The van der Waals surface area contributed by atoms with Gasteiger partial charge >= 0.3 is 0 Å². The second-order valence-corrected chi connectivity index (χ2v) is 7.67. The number of rotatable bonds is 4. The predicted octanol–water partition coefficient (Wildman–Crippen LogP) is 4.52. The van der Waals surface area contributed by atoms with E-state index in [1.807, 2.05) is 12.1 Å². The van der Waals surface area contributed by atoms with Crippen molar-refractivity contribution < 1.29 is 14.2 Å². The monoisotopic (exact) mass is 391 g/mol. The molecule has 1 aliphatic heterocycles. The molecule has 6 heteroatoms. The second kappa shape index (κ2) is 7.28. The van der Waals surface area contributed by atoms with Crippen molar-refractivity contribution in [1.82, 2.24) is 14.5 Å². The van der Waals surface area contributed by atoms with Crippen LogP contribution in [0.2, 0.25) is 0 Å². The van der Waals surface area contributed by atoms with Crippen molar-refractivity contribution in [1.29, 1.82) is 0 Å². The number of aryl methyl sites for hydroxylation is 3. The Kier molecular flexibility index (Phi) is 4.60. The normalized spacial score (nSPS) is 15.6. The largest absolute Gasteiger partial charge is 0.497 e. The maximum atomic E-state index is 5.74. The lowest BCUT2D eigenvalue weighted by Gasteiger charge is -2.23. The van der Waals surface area contributed by atoms with Crippen LogP contribution in [0.4, 0.5) is 0 Å². The molecule has 0 saturated carbocycles. The van der Waals surface area contributed by atoms with Gasteiger partial charge in [0.15, 0.2) is 11.9 Å². The van der Waals surface area contributed by atoms with Gasteiger partial charge in [0.2, 0.25) is 0 Å². The van der Waals surface area contributed by atoms with Crippen molar-refractivity contribution in [2.24, 2.45) is 0 Å². The highest BCUT2D eigenvalue weighted by molar-refractivity contribution is 6.07. The lowest BCUT2D eigenvalue weighted by molar-refractivity contribution is -0.182. The molecule has 4 aromatic rings. The summed E-state index contributed by atoms with van der Waals surface area (Å²) in [5.41, 5.74) is 7.17. The van der Waals surface area contributed by atoms with Crippen molar-refractivity contribution in [3.8, 4) is 5.75 Å². The molecule has 0 N–H and O–H groups in total. The van der Waals surface area contributed by atoms with Crippen LogP contribution >= 0.6 is 0 Å². The number of fused-ring (bicyclic) bond motifs is 4. The fourth-order valence-electron chi connectivity index (χ4n) is 4.02. The molecule has 2 aromatic heterocycles. The predicted molar refractivity (Wildman–Crippen MR) is 113 cm³/mol. The Labute approximate surface area is 169 Å². The van der Waals surface area contributed by atoms with E-state index in [-0.39, 0.29) is 6.29 Å². The Morgan fingerprint density at radius 1 is 1.03 bits per heavy atom. The minimum atomic E-state index is -0.159. The highest BCUT2D eigenvalue weighted by atomic mass is 16.7. The van der Waals surface area contributed by atoms with E-state index >= 15 is 0 Å². The third-order valence-electron chi connectivity index (χ3n) is 5.75.